The van der Waals surface area contributed by atoms with E-state index in [0.717, 1.165) is 0 Å². The molecule has 6 rings (SSSR count). The molecule has 43 heavy (non-hydrogen) atoms. The van der Waals surface area contributed by atoms with Gasteiger partial charge < -0.3 is 24.7 Å². The molecule has 1 fully saturated rings. The fourth-order valence-corrected chi connectivity index (χ4v) is 6.32. The molecule has 0 saturated carbocycles. The smallest absolute Gasteiger partial charge is 0.354 e. The van der Waals surface area contributed by atoms with Crippen molar-refractivity contribution in [2.45, 2.75) is 32.7 Å². The molecule has 0 bridgehead atoms. The maximum absolute atomic E-state index is 17.2. The molecule has 4 aromatic rings. The summed E-state index contributed by atoms with van der Waals surface area (Å²) < 4.78 is 24.7. The average Bonchev–Trinajstić information content (AvgIpc) is 3.13. The molecule has 1 unspecified atom stereocenters. The summed E-state index contributed by atoms with van der Waals surface area (Å²) in [5.74, 6) is -1.97. The molecule has 2 aromatic heterocycles. The van der Waals surface area contributed by atoms with E-state index in [-0.39, 0.29) is 63.6 Å². The molecule has 0 aliphatic carbocycles. The molecular formula is C31H29ClFN5O5. The summed E-state index contributed by atoms with van der Waals surface area (Å²) in [6.07, 6.45) is 2.86. The number of halogens is 2. The first kappa shape index (κ1) is 28.5. The van der Waals surface area contributed by atoms with Crippen molar-refractivity contribution >= 4 is 34.2 Å². The number of amides is 1. The predicted molar refractivity (Wildman–Crippen MR) is 161 cm³/mol. The molecule has 2 aliphatic heterocycles. The number of aryl methyl sites for hydroxylation is 1. The molecule has 0 radical (unpaired) electrons. The van der Waals surface area contributed by atoms with Crippen LogP contribution in [-0.4, -0.2) is 67.8 Å². The molecular weight excluding hydrogens is 577 g/mol. The maximum Gasteiger partial charge on any atom is 0.354 e. The minimum Gasteiger partial charge on any atom is -0.507 e. The molecule has 0 spiro atoms. The largest absolute Gasteiger partial charge is 0.507 e. The Balaban J connectivity index is 1.76. The van der Waals surface area contributed by atoms with Crippen molar-refractivity contribution in [1.82, 2.24) is 19.4 Å². The summed E-state index contributed by atoms with van der Waals surface area (Å²) in [7, 11) is 0. The van der Waals surface area contributed by atoms with Gasteiger partial charge in [-0.05, 0) is 42.7 Å². The Hall–Kier alpha value is -4.64. The van der Waals surface area contributed by atoms with E-state index in [1.165, 1.54) is 28.8 Å². The summed E-state index contributed by atoms with van der Waals surface area (Å²) in [5.41, 5.74) is 0.0432. The highest BCUT2D eigenvalue weighted by molar-refractivity contribution is 6.37. The Labute approximate surface area is 251 Å². The van der Waals surface area contributed by atoms with Crippen molar-refractivity contribution in [3.63, 3.8) is 0 Å². The predicted octanol–water partition coefficient (Wildman–Crippen LogP) is 4.68. The van der Waals surface area contributed by atoms with E-state index < -0.39 is 29.0 Å². The van der Waals surface area contributed by atoms with Crippen molar-refractivity contribution in [1.29, 1.82) is 0 Å². The van der Waals surface area contributed by atoms with Crippen LogP contribution in [0.2, 0.25) is 5.02 Å². The van der Waals surface area contributed by atoms with Crippen molar-refractivity contribution < 1.29 is 24.1 Å². The molecule has 222 valence electrons. The standard InChI is InChI=1S/C31H29ClFN5O5/c1-5-20(41)36-11-12-37-17(13-36)14-43-29-23-28(25(33)22(24(29)32)21-18(39)7-6-8-19(21)40)38(31(42)35-30(23)37)27-16(4)9-10-34-26(27)15(2)3/h5-10,15,17,39-40H,1,11-14H2,2-4H3. The van der Waals surface area contributed by atoms with Gasteiger partial charge in [0.25, 0.3) is 0 Å². The number of hydrogen-bond donors (Lipinski definition) is 2. The lowest BCUT2D eigenvalue weighted by molar-refractivity contribution is -0.126. The number of phenolic OH excluding ortho intramolecular Hbond substituents is 2. The molecule has 10 nitrogen and oxygen atoms in total. The number of hydrogen-bond acceptors (Lipinski definition) is 8. The van der Waals surface area contributed by atoms with Crippen LogP contribution in [0, 0.1) is 12.7 Å². The van der Waals surface area contributed by atoms with Gasteiger partial charge in [-0.1, -0.05) is 38.1 Å². The Morgan fingerprint density at radius 3 is 2.60 bits per heavy atom. The number of nitrogens with zero attached hydrogens (tertiary/aromatic N) is 5. The summed E-state index contributed by atoms with van der Waals surface area (Å²) in [5, 5.41) is 21.5. The van der Waals surface area contributed by atoms with Crippen LogP contribution in [0.3, 0.4) is 0 Å². The van der Waals surface area contributed by atoms with Crippen LogP contribution in [0.4, 0.5) is 10.2 Å². The van der Waals surface area contributed by atoms with Gasteiger partial charge in [-0.3, -0.25) is 14.3 Å². The highest BCUT2D eigenvalue weighted by atomic mass is 35.5. The molecule has 4 heterocycles. The SMILES string of the molecule is C=CC(=O)N1CCN2c3nc(=O)n(-c4c(C)ccnc4C(C)C)c4c(F)c(-c5c(O)cccc5O)c(Cl)c(c34)OCC2C1. The normalized spacial score (nSPS) is 16.2. The molecule has 2 N–H and O–H groups in total. The summed E-state index contributed by atoms with van der Waals surface area (Å²) in [6, 6.07) is 5.28. The zero-order chi connectivity index (χ0) is 30.7. The Kier molecular flexibility index (Phi) is 7.00. The van der Waals surface area contributed by atoms with E-state index in [9.17, 15) is 19.8 Å². The van der Waals surface area contributed by atoms with Crippen molar-refractivity contribution in [3.8, 4) is 34.1 Å². The van der Waals surface area contributed by atoms with Crippen LogP contribution in [0.5, 0.6) is 17.2 Å². The van der Waals surface area contributed by atoms with Gasteiger partial charge in [-0.2, -0.15) is 4.98 Å². The van der Waals surface area contributed by atoms with Crippen LogP contribution in [-0.2, 0) is 4.79 Å². The number of fused-ring (bicyclic) bond motifs is 2. The van der Waals surface area contributed by atoms with Crippen molar-refractivity contribution in [2.75, 3.05) is 31.1 Å². The van der Waals surface area contributed by atoms with Gasteiger partial charge in [0.2, 0.25) is 5.91 Å². The Bertz CT molecular complexity index is 1870. The number of ether oxygens (including phenoxy) is 1. The summed E-state index contributed by atoms with van der Waals surface area (Å²) in [6.45, 7) is 10.1. The second-order valence-electron chi connectivity index (χ2n) is 10.9. The first-order valence-electron chi connectivity index (χ1n) is 13.8. The monoisotopic (exact) mass is 605 g/mol. The lowest BCUT2D eigenvalue weighted by atomic mass is 9.98. The van der Waals surface area contributed by atoms with Crippen molar-refractivity contribution in [3.05, 3.63) is 75.7 Å². The fraction of sp³-hybridized carbons (Fsp3) is 0.290. The van der Waals surface area contributed by atoms with E-state index in [1.54, 1.807) is 24.1 Å². The van der Waals surface area contributed by atoms with Gasteiger partial charge >= 0.3 is 5.69 Å². The lowest BCUT2D eigenvalue weighted by Crippen LogP contribution is -2.56. The topological polar surface area (TPSA) is 121 Å². The van der Waals surface area contributed by atoms with Gasteiger partial charge in [0.1, 0.15) is 29.4 Å². The lowest BCUT2D eigenvalue weighted by Gasteiger charge is -2.40. The quantitative estimate of drug-likeness (QED) is 0.322. The number of carbonyl (C=O) groups is 1. The molecule has 12 heteroatoms. The number of anilines is 1. The summed E-state index contributed by atoms with van der Waals surface area (Å²) >= 11 is 6.89. The number of pyridine rings is 1. The van der Waals surface area contributed by atoms with Gasteiger partial charge in [0, 0.05) is 31.4 Å². The number of piperazine rings is 1. The van der Waals surface area contributed by atoms with Gasteiger partial charge in [0.05, 0.1) is 33.4 Å². The highest BCUT2D eigenvalue weighted by Gasteiger charge is 2.38. The third-order valence-corrected chi connectivity index (χ3v) is 8.37. The van der Waals surface area contributed by atoms with E-state index in [1.807, 2.05) is 18.7 Å². The number of aromatic hydroxyl groups is 2. The fourth-order valence-electron chi connectivity index (χ4n) is 5.99. The zero-order valence-corrected chi connectivity index (χ0v) is 24.5. The molecule has 2 aromatic carbocycles. The maximum atomic E-state index is 17.2. The highest BCUT2D eigenvalue weighted by Crippen LogP contribution is 2.51. The molecule has 1 atom stereocenters. The van der Waals surface area contributed by atoms with Gasteiger partial charge in [-0.15, -0.1) is 0 Å². The molecule has 2 aliphatic rings. The van der Waals surface area contributed by atoms with E-state index in [2.05, 4.69) is 16.5 Å². The van der Waals surface area contributed by atoms with E-state index in [4.69, 9.17) is 16.3 Å². The number of phenols is 2. The van der Waals surface area contributed by atoms with Crippen LogP contribution in [0.25, 0.3) is 27.7 Å². The van der Waals surface area contributed by atoms with Crippen LogP contribution in [0.1, 0.15) is 31.0 Å². The Morgan fingerprint density at radius 2 is 1.93 bits per heavy atom. The molecule has 1 amide bonds. The minimum absolute atomic E-state index is 0.0291. The van der Waals surface area contributed by atoms with Crippen LogP contribution in [0.15, 0.2) is 47.9 Å². The first-order valence-corrected chi connectivity index (χ1v) is 14.2. The van der Waals surface area contributed by atoms with E-state index >= 15 is 4.39 Å². The Morgan fingerprint density at radius 1 is 1.21 bits per heavy atom. The van der Waals surface area contributed by atoms with Crippen LogP contribution < -0.4 is 15.3 Å². The summed E-state index contributed by atoms with van der Waals surface area (Å²) in [4.78, 5) is 39.0. The van der Waals surface area contributed by atoms with E-state index in [0.29, 0.717) is 30.0 Å². The minimum atomic E-state index is -0.957. The number of aromatic nitrogens is 3. The zero-order valence-electron chi connectivity index (χ0n) is 23.8. The van der Waals surface area contributed by atoms with Gasteiger partial charge in [0.15, 0.2) is 11.6 Å². The second kappa shape index (κ2) is 10.6. The molecule has 1 saturated heterocycles. The third kappa shape index (κ3) is 4.37. The number of benzene rings is 2. The number of carbonyl (C=O) groups excluding carboxylic acids is 1. The number of rotatable bonds is 4. The average molecular weight is 606 g/mol. The van der Waals surface area contributed by atoms with Crippen LogP contribution >= 0.6 is 11.6 Å². The third-order valence-electron chi connectivity index (χ3n) is 8.01. The first-order chi connectivity index (χ1) is 20.5. The van der Waals surface area contributed by atoms with Crippen molar-refractivity contribution in [2.24, 2.45) is 0 Å². The van der Waals surface area contributed by atoms with Gasteiger partial charge in [-0.25, -0.2) is 9.18 Å². The second-order valence-corrected chi connectivity index (χ2v) is 11.3.